The molecule has 22 heavy (non-hydrogen) atoms. The minimum absolute atomic E-state index is 0.148. The number of benzene rings is 1. The van der Waals surface area contributed by atoms with Gasteiger partial charge in [0.25, 0.3) is 0 Å². The minimum Gasteiger partial charge on any atom is -0.367 e. The van der Waals surface area contributed by atoms with E-state index in [1.54, 1.807) is 11.2 Å². The summed E-state index contributed by atoms with van der Waals surface area (Å²) in [4.78, 5) is 4.83. The van der Waals surface area contributed by atoms with Gasteiger partial charge in [-0.1, -0.05) is 12.1 Å². The first-order valence-electron chi connectivity index (χ1n) is 8.18. The number of nitrogens with zero attached hydrogens (tertiary/aromatic N) is 3. The lowest BCUT2D eigenvalue weighted by Gasteiger charge is -2.38. The molecule has 1 fully saturated rings. The second-order valence-corrected chi connectivity index (χ2v) is 8.18. The summed E-state index contributed by atoms with van der Waals surface area (Å²) >= 11 is 0. The summed E-state index contributed by atoms with van der Waals surface area (Å²) in [7, 11) is -3.19. The van der Waals surface area contributed by atoms with Crippen molar-refractivity contribution in [3.63, 3.8) is 0 Å². The fraction of sp³-hybridized carbons (Fsp3) is 0.625. The monoisotopic (exact) mass is 323 g/mol. The molecule has 3 rings (SSSR count). The van der Waals surface area contributed by atoms with Crippen molar-refractivity contribution in [1.29, 1.82) is 0 Å². The van der Waals surface area contributed by atoms with Crippen LogP contribution >= 0.6 is 0 Å². The quantitative estimate of drug-likeness (QED) is 0.828. The van der Waals surface area contributed by atoms with E-state index in [0.29, 0.717) is 6.54 Å². The first kappa shape index (κ1) is 15.6. The average molecular weight is 323 g/mol. The summed E-state index contributed by atoms with van der Waals surface area (Å²) in [6.07, 6.45) is 2.61. The number of rotatable bonds is 5. The first-order valence-corrected chi connectivity index (χ1v) is 9.79. The number of likely N-dealkylation sites (tertiary alicyclic amines) is 1. The number of sulfonamides is 1. The molecule has 6 heteroatoms. The van der Waals surface area contributed by atoms with E-state index in [-0.39, 0.29) is 5.75 Å². The SMILES string of the molecule is CCS(=O)(=O)N1CCN(CCN2CCCC2)c2ccccc21. The van der Waals surface area contributed by atoms with Crippen molar-refractivity contribution in [2.75, 3.05) is 54.2 Å². The van der Waals surface area contributed by atoms with Crippen LogP contribution in [0.15, 0.2) is 24.3 Å². The first-order chi connectivity index (χ1) is 10.6. The Morgan fingerprint density at radius 3 is 2.32 bits per heavy atom. The molecule has 0 radical (unpaired) electrons. The van der Waals surface area contributed by atoms with Gasteiger partial charge >= 0.3 is 0 Å². The van der Waals surface area contributed by atoms with Gasteiger partial charge in [-0.2, -0.15) is 0 Å². The zero-order valence-corrected chi connectivity index (χ0v) is 14.1. The van der Waals surface area contributed by atoms with Crippen LogP contribution in [0.5, 0.6) is 0 Å². The fourth-order valence-corrected chi connectivity index (χ4v) is 4.47. The van der Waals surface area contributed by atoms with Crippen LogP contribution in [0.25, 0.3) is 0 Å². The molecule has 0 aromatic heterocycles. The molecule has 0 aliphatic carbocycles. The molecule has 122 valence electrons. The van der Waals surface area contributed by atoms with Crippen molar-refractivity contribution < 1.29 is 8.42 Å². The van der Waals surface area contributed by atoms with Crippen LogP contribution in [-0.4, -0.2) is 58.3 Å². The molecule has 0 atom stereocenters. The highest BCUT2D eigenvalue weighted by atomic mass is 32.2. The molecular weight excluding hydrogens is 298 g/mol. The normalized spacial score (nSPS) is 19.5. The smallest absolute Gasteiger partial charge is 0.235 e. The van der Waals surface area contributed by atoms with Crippen molar-refractivity contribution in [1.82, 2.24) is 4.90 Å². The molecule has 1 aromatic carbocycles. The van der Waals surface area contributed by atoms with E-state index in [2.05, 4.69) is 9.80 Å². The largest absolute Gasteiger partial charge is 0.367 e. The molecule has 0 amide bonds. The maximum Gasteiger partial charge on any atom is 0.235 e. The Morgan fingerprint density at radius 1 is 0.955 bits per heavy atom. The van der Waals surface area contributed by atoms with Gasteiger partial charge in [-0.25, -0.2) is 8.42 Å². The second kappa shape index (κ2) is 6.46. The number of para-hydroxylation sites is 2. The number of fused-ring (bicyclic) bond motifs is 1. The van der Waals surface area contributed by atoms with Crippen molar-refractivity contribution >= 4 is 21.4 Å². The van der Waals surface area contributed by atoms with Crippen LogP contribution in [0.1, 0.15) is 19.8 Å². The minimum atomic E-state index is -3.19. The van der Waals surface area contributed by atoms with Gasteiger partial charge in [0.2, 0.25) is 10.0 Å². The molecule has 2 aliphatic heterocycles. The van der Waals surface area contributed by atoms with E-state index in [4.69, 9.17) is 0 Å². The van der Waals surface area contributed by atoms with Crippen LogP contribution in [0, 0.1) is 0 Å². The van der Waals surface area contributed by atoms with Crippen LogP contribution < -0.4 is 9.21 Å². The van der Waals surface area contributed by atoms with Gasteiger partial charge in [-0.15, -0.1) is 0 Å². The second-order valence-electron chi connectivity index (χ2n) is 6.00. The van der Waals surface area contributed by atoms with Crippen LogP contribution in [0.2, 0.25) is 0 Å². The third-order valence-electron chi connectivity index (χ3n) is 4.65. The number of hydrogen-bond acceptors (Lipinski definition) is 4. The third kappa shape index (κ3) is 3.08. The van der Waals surface area contributed by atoms with Crippen LogP contribution in [0.4, 0.5) is 11.4 Å². The van der Waals surface area contributed by atoms with Gasteiger partial charge in [0, 0.05) is 19.6 Å². The molecule has 2 heterocycles. The number of hydrogen-bond donors (Lipinski definition) is 0. The maximum atomic E-state index is 12.3. The van der Waals surface area contributed by atoms with Gasteiger partial charge in [0.15, 0.2) is 0 Å². The Bertz CT molecular complexity index is 612. The van der Waals surface area contributed by atoms with E-state index >= 15 is 0 Å². The highest BCUT2D eigenvalue weighted by molar-refractivity contribution is 7.92. The summed E-state index contributed by atoms with van der Waals surface area (Å²) in [5.41, 5.74) is 1.88. The summed E-state index contributed by atoms with van der Waals surface area (Å²) in [5, 5.41) is 0. The summed E-state index contributed by atoms with van der Waals surface area (Å²) < 4.78 is 26.2. The summed E-state index contributed by atoms with van der Waals surface area (Å²) in [6.45, 7) is 7.46. The average Bonchev–Trinajstić information content (AvgIpc) is 3.05. The van der Waals surface area contributed by atoms with Gasteiger partial charge in [0.1, 0.15) is 0 Å². The van der Waals surface area contributed by atoms with Crippen molar-refractivity contribution in [3.8, 4) is 0 Å². The highest BCUT2D eigenvalue weighted by Gasteiger charge is 2.29. The van der Waals surface area contributed by atoms with E-state index in [1.807, 2.05) is 24.3 Å². The van der Waals surface area contributed by atoms with Gasteiger partial charge < -0.3 is 9.80 Å². The van der Waals surface area contributed by atoms with E-state index in [1.165, 1.54) is 25.9 Å². The molecule has 1 aromatic rings. The van der Waals surface area contributed by atoms with Crippen molar-refractivity contribution in [2.45, 2.75) is 19.8 Å². The van der Waals surface area contributed by atoms with E-state index < -0.39 is 10.0 Å². The molecule has 0 N–H and O–H groups in total. The predicted octanol–water partition coefficient (Wildman–Crippen LogP) is 1.76. The fourth-order valence-electron chi connectivity index (χ4n) is 3.34. The van der Waals surface area contributed by atoms with Crippen LogP contribution in [0.3, 0.4) is 0 Å². The molecule has 0 unspecified atom stereocenters. The Kier molecular flexibility index (Phi) is 4.59. The van der Waals surface area contributed by atoms with Crippen LogP contribution in [-0.2, 0) is 10.0 Å². The van der Waals surface area contributed by atoms with Gasteiger partial charge in [-0.3, -0.25) is 4.31 Å². The molecule has 0 bridgehead atoms. The van der Waals surface area contributed by atoms with Crippen molar-refractivity contribution in [2.24, 2.45) is 0 Å². The van der Waals surface area contributed by atoms with E-state index in [0.717, 1.165) is 31.0 Å². The lowest BCUT2D eigenvalue weighted by atomic mass is 10.2. The van der Waals surface area contributed by atoms with Crippen molar-refractivity contribution in [3.05, 3.63) is 24.3 Å². The molecule has 0 saturated carbocycles. The standard InChI is InChI=1S/C16H25N3O2S/c1-2-22(20,21)19-14-13-18(12-11-17-9-5-6-10-17)15-7-3-4-8-16(15)19/h3-4,7-8H,2,5-6,9-14H2,1H3. The topological polar surface area (TPSA) is 43.9 Å². The zero-order chi connectivity index (χ0) is 15.6. The molecule has 1 saturated heterocycles. The predicted molar refractivity (Wildman–Crippen MR) is 91.1 cm³/mol. The molecule has 2 aliphatic rings. The zero-order valence-electron chi connectivity index (χ0n) is 13.2. The Morgan fingerprint density at radius 2 is 1.64 bits per heavy atom. The lowest BCUT2D eigenvalue weighted by molar-refractivity contribution is 0.344. The Balaban J connectivity index is 1.78. The third-order valence-corrected chi connectivity index (χ3v) is 6.43. The molecule has 5 nitrogen and oxygen atoms in total. The Labute approximate surface area is 133 Å². The highest BCUT2D eigenvalue weighted by Crippen LogP contribution is 2.34. The summed E-state index contributed by atoms with van der Waals surface area (Å²) in [6, 6.07) is 7.87. The molecular formula is C16H25N3O2S. The summed E-state index contributed by atoms with van der Waals surface area (Å²) in [5.74, 6) is 0.148. The Hall–Kier alpha value is -1.27. The maximum absolute atomic E-state index is 12.3. The van der Waals surface area contributed by atoms with Gasteiger partial charge in [-0.05, 0) is 45.0 Å². The lowest BCUT2D eigenvalue weighted by Crippen LogP contribution is -2.46. The van der Waals surface area contributed by atoms with Gasteiger partial charge in [0.05, 0.1) is 23.7 Å². The van der Waals surface area contributed by atoms with E-state index in [9.17, 15) is 8.42 Å². The molecule has 0 spiro atoms. The number of anilines is 2.